The molecule has 23 heavy (non-hydrogen) atoms. The fourth-order valence-corrected chi connectivity index (χ4v) is 2.97. The van der Waals surface area contributed by atoms with Gasteiger partial charge >= 0.3 is 0 Å². The van der Waals surface area contributed by atoms with Gasteiger partial charge in [0.2, 0.25) is 11.0 Å². The maximum atomic E-state index is 13.3. The third kappa shape index (κ3) is 3.72. The number of methoxy groups -OCH3 is 1. The summed E-state index contributed by atoms with van der Waals surface area (Å²) in [5.41, 5.74) is 0.774. The van der Waals surface area contributed by atoms with Gasteiger partial charge in [0.15, 0.2) is 0 Å². The lowest BCUT2D eigenvalue weighted by Gasteiger charge is -2.05. The first kappa shape index (κ1) is 15.6. The number of aryl methyl sites for hydroxylation is 1. The van der Waals surface area contributed by atoms with Crippen LogP contribution in [0.2, 0.25) is 0 Å². The van der Waals surface area contributed by atoms with Crippen molar-refractivity contribution in [3.8, 4) is 0 Å². The van der Waals surface area contributed by atoms with E-state index in [1.165, 1.54) is 23.5 Å². The monoisotopic (exact) mass is 334 g/mol. The van der Waals surface area contributed by atoms with Gasteiger partial charge in [-0.25, -0.2) is 4.39 Å². The Labute approximate surface area is 135 Å². The highest BCUT2D eigenvalue weighted by Crippen LogP contribution is 2.18. The smallest absolute Gasteiger partial charge is 0.227 e. The Kier molecular flexibility index (Phi) is 4.63. The zero-order valence-electron chi connectivity index (χ0n) is 12.5. The number of hydrogen-bond acceptors (Lipinski definition) is 5. The summed E-state index contributed by atoms with van der Waals surface area (Å²) >= 11 is 1.28. The molecule has 8 heteroatoms. The molecule has 6 nitrogen and oxygen atoms in total. The highest BCUT2D eigenvalue weighted by Gasteiger charge is 2.09. The molecule has 0 bridgehead atoms. The second-order valence-electron chi connectivity index (χ2n) is 4.94. The summed E-state index contributed by atoms with van der Waals surface area (Å²) in [6.45, 7) is 0.830. The van der Waals surface area contributed by atoms with Crippen LogP contribution in [0.15, 0.2) is 30.5 Å². The van der Waals surface area contributed by atoms with Gasteiger partial charge in [0.25, 0.3) is 0 Å². The van der Waals surface area contributed by atoms with Crippen molar-refractivity contribution in [1.82, 2.24) is 14.8 Å². The van der Waals surface area contributed by atoms with Gasteiger partial charge in [-0.05, 0) is 29.7 Å². The molecule has 2 aromatic heterocycles. The van der Waals surface area contributed by atoms with E-state index in [-0.39, 0.29) is 18.1 Å². The van der Waals surface area contributed by atoms with Crippen LogP contribution in [0.5, 0.6) is 0 Å². The quantitative estimate of drug-likeness (QED) is 0.752. The predicted octanol–water partition coefficient (Wildman–Crippen LogP) is 2.81. The average molecular weight is 334 g/mol. The first-order chi connectivity index (χ1) is 11.2. The summed E-state index contributed by atoms with van der Waals surface area (Å²) in [5.74, 6) is -0.454. The molecule has 1 amide bonds. The van der Waals surface area contributed by atoms with Crippen LogP contribution in [-0.2, 0) is 22.7 Å². The first-order valence-electron chi connectivity index (χ1n) is 7.01. The van der Waals surface area contributed by atoms with Crippen molar-refractivity contribution >= 4 is 33.3 Å². The number of hydrogen-bond donors (Lipinski definition) is 1. The van der Waals surface area contributed by atoms with Gasteiger partial charge in [-0.1, -0.05) is 11.3 Å². The van der Waals surface area contributed by atoms with Crippen LogP contribution in [0, 0.1) is 5.82 Å². The summed E-state index contributed by atoms with van der Waals surface area (Å²) in [5, 5.41) is 12.6. The van der Waals surface area contributed by atoms with Crippen LogP contribution in [0.3, 0.4) is 0 Å². The number of carbonyl (C=O) groups excluding carboxylic acids is 1. The topological polar surface area (TPSA) is 69.0 Å². The summed E-state index contributed by atoms with van der Waals surface area (Å²) in [4.78, 5) is 12.0. The van der Waals surface area contributed by atoms with Gasteiger partial charge in [0.1, 0.15) is 17.4 Å². The van der Waals surface area contributed by atoms with Crippen LogP contribution in [0.4, 0.5) is 9.52 Å². The average Bonchev–Trinajstić information content (AvgIpc) is 3.12. The Morgan fingerprint density at radius 1 is 1.39 bits per heavy atom. The summed E-state index contributed by atoms with van der Waals surface area (Å²) in [6.07, 6.45) is 2.11. The van der Waals surface area contributed by atoms with Gasteiger partial charge in [-0.2, -0.15) is 0 Å². The fourth-order valence-electron chi connectivity index (χ4n) is 2.24. The fraction of sp³-hybridized carbons (Fsp3) is 0.267. The number of rotatable bonds is 6. The Hall–Kier alpha value is -2.32. The second kappa shape index (κ2) is 6.84. The number of carbonyl (C=O) groups is 1. The van der Waals surface area contributed by atoms with Gasteiger partial charge < -0.3 is 14.6 Å². The van der Waals surface area contributed by atoms with Gasteiger partial charge in [-0.3, -0.25) is 4.79 Å². The molecule has 0 radical (unpaired) electrons. The first-order valence-corrected chi connectivity index (χ1v) is 7.83. The molecule has 3 rings (SSSR count). The molecule has 0 atom stereocenters. The minimum Gasteiger partial charge on any atom is -0.377 e. The highest BCUT2D eigenvalue weighted by atomic mass is 32.1. The molecule has 0 aliphatic rings. The van der Waals surface area contributed by atoms with Crippen molar-refractivity contribution in [3.63, 3.8) is 0 Å². The Bertz CT molecular complexity index is 830. The number of amides is 1. The van der Waals surface area contributed by atoms with Crippen molar-refractivity contribution in [2.45, 2.75) is 19.6 Å². The highest BCUT2D eigenvalue weighted by molar-refractivity contribution is 7.15. The summed E-state index contributed by atoms with van der Waals surface area (Å²) in [6, 6.07) is 6.51. The van der Waals surface area contributed by atoms with Crippen molar-refractivity contribution in [2.75, 3.05) is 12.4 Å². The molecule has 1 N–H and O–H groups in total. The van der Waals surface area contributed by atoms with E-state index in [4.69, 9.17) is 4.74 Å². The SMILES string of the molecule is COCc1nnc(NC(=O)CCn2ccc3ccc(F)cc32)s1. The lowest BCUT2D eigenvalue weighted by molar-refractivity contribution is -0.116. The number of aromatic nitrogens is 3. The number of ether oxygens (including phenoxy) is 1. The zero-order chi connectivity index (χ0) is 16.2. The molecule has 2 heterocycles. The predicted molar refractivity (Wildman–Crippen MR) is 85.8 cm³/mol. The van der Waals surface area contributed by atoms with E-state index in [1.807, 2.05) is 16.8 Å². The standard InChI is InChI=1S/C15H15FN4O2S/c1-22-9-14-18-19-15(23-14)17-13(21)5-7-20-6-4-10-2-3-11(16)8-12(10)20/h2-4,6,8H,5,7,9H2,1H3,(H,17,19,21). The number of nitrogens with zero attached hydrogens (tertiary/aromatic N) is 3. The molecule has 0 aliphatic carbocycles. The molecular formula is C15H15FN4O2S. The summed E-state index contributed by atoms with van der Waals surface area (Å²) in [7, 11) is 1.57. The van der Waals surface area contributed by atoms with E-state index in [0.29, 0.717) is 23.3 Å². The molecular weight excluding hydrogens is 319 g/mol. The normalized spacial score (nSPS) is 11.0. The number of anilines is 1. The minimum absolute atomic E-state index is 0.164. The lowest BCUT2D eigenvalue weighted by Crippen LogP contribution is -2.14. The molecule has 0 unspecified atom stereocenters. The molecule has 0 fully saturated rings. The molecule has 0 aliphatic heterocycles. The third-order valence-electron chi connectivity index (χ3n) is 3.30. The molecule has 0 spiro atoms. The number of halogens is 1. The van der Waals surface area contributed by atoms with Crippen molar-refractivity contribution in [2.24, 2.45) is 0 Å². The van der Waals surface area contributed by atoms with E-state index in [9.17, 15) is 9.18 Å². The summed E-state index contributed by atoms with van der Waals surface area (Å²) < 4.78 is 20.1. The van der Waals surface area contributed by atoms with Crippen molar-refractivity contribution in [1.29, 1.82) is 0 Å². The van der Waals surface area contributed by atoms with E-state index >= 15 is 0 Å². The lowest BCUT2D eigenvalue weighted by atomic mass is 10.2. The number of benzene rings is 1. The zero-order valence-corrected chi connectivity index (χ0v) is 13.3. The molecule has 3 aromatic rings. The molecule has 0 saturated carbocycles. The van der Waals surface area contributed by atoms with Gasteiger partial charge in [0, 0.05) is 26.3 Å². The van der Waals surface area contributed by atoms with E-state index in [0.717, 1.165) is 10.9 Å². The Morgan fingerprint density at radius 2 is 2.26 bits per heavy atom. The van der Waals surface area contributed by atoms with Crippen molar-refractivity contribution < 1.29 is 13.9 Å². The largest absolute Gasteiger partial charge is 0.377 e. The maximum absolute atomic E-state index is 13.3. The van der Waals surface area contributed by atoms with Crippen LogP contribution >= 0.6 is 11.3 Å². The minimum atomic E-state index is -0.290. The van der Waals surface area contributed by atoms with E-state index < -0.39 is 0 Å². The molecule has 1 aromatic carbocycles. The van der Waals surface area contributed by atoms with Crippen LogP contribution in [0.25, 0.3) is 10.9 Å². The van der Waals surface area contributed by atoms with Gasteiger partial charge in [0.05, 0.1) is 5.52 Å². The second-order valence-corrected chi connectivity index (χ2v) is 6.01. The number of fused-ring (bicyclic) bond motifs is 1. The number of nitrogens with one attached hydrogen (secondary N) is 1. The van der Waals surface area contributed by atoms with E-state index in [2.05, 4.69) is 15.5 Å². The molecule has 0 saturated heterocycles. The Balaban J connectivity index is 1.60. The molecule has 120 valence electrons. The van der Waals surface area contributed by atoms with Crippen LogP contribution in [0.1, 0.15) is 11.4 Å². The van der Waals surface area contributed by atoms with Crippen LogP contribution < -0.4 is 5.32 Å². The third-order valence-corrected chi connectivity index (χ3v) is 4.11. The van der Waals surface area contributed by atoms with E-state index in [1.54, 1.807) is 13.2 Å². The van der Waals surface area contributed by atoms with Crippen LogP contribution in [-0.4, -0.2) is 27.8 Å². The Morgan fingerprint density at radius 3 is 3.09 bits per heavy atom. The van der Waals surface area contributed by atoms with Gasteiger partial charge in [-0.15, -0.1) is 10.2 Å². The van der Waals surface area contributed by atoms with Crippen molar-refractivity contribution in [3.05, 3.63) is 41.3 Å². The maximum Gasteiger partial charge on any atom is 0.227 e.